The van der Waals surface area contributed by atoms with E-state index in [2.05, 4.69) is 0 Å². The minimum Gasteiger partial charge on any atom is -0.457 e. The van der Waals surface area contributed by atoms with Gasteiger partial charge in [-0.2, -0.15) is 13.2 Å². The third-order valence-electron chi connectivity index (χ3n) is 4.10. The first kappa shape index (κ1) is 21.5. The Balaban J connectivity index is 1.84. The highest BCUT2D eigenvalue weighted by atomic mass is 35.5. The van der Waals surface area contributed by atoms with Crippen LogP contribution in [0.2, 0.25) is 5.02 Å². The molecule has 1 aliphatic heterocycles. The summed E-state index contributed by atoms with van der Waals surface area (Å²) < 4.78 is 44.4. The SMILES string of the molecule is CN(C)CCN1C(=O)SC(=Cc2ccc(-c3cc(C(F)(F)F)ccc3Cl)o2)C1=O. The number of furan rings is 1. The third kappa shape index (κ3) is 4.85. The predicted molar refractivity (Wildman–Crippen MR) is 105 cm³/mol. The zero-order chi connectivity index (χ0) is 21.3. The molecule has 3 rings (SSSR count). The maximum Gasteiger partial charge on any atom is 0.416 e. The van der Waals surface area contributed by atoms with Crippen LogP contribution in [0.15, 0.2) is 39.7 Å². The molecular formula is C19H16ClF3N2O3S. The van der Waals surface area contributed by atoms with E-state index >= 15 is 0 Å². The lowest BCUT2D eigenvalue weighted by Crippen LogP contribution is -2.34. The molecule has 0 radical (unpaired) electrons. The van der Waals surface area contributed by atoms with E-state index in [1.807, 2.05) is 19.0 Å². The highest BCUT2D eigenvalue weighted by Gasteiger charge is 2.35. The number of alkyl halides is 3. The Hall–Kier alpha value is -2.23. The number of halogens is 4. The van der Waals surface area contributed by atoms with Gasteiger partial charge in [-0.15, -0.1) is 0 Å². The normalized spacial score (nSPS) is 16.5. The molecule has 1 aliphatic rings. The van der Waals surface area contributed by atoms with Crippen LogP contribution in [0.5, 0.6) is 0 Å². The molecule has 10 heteroatoms. The van der Waals surface area contributed by atoms with Gasteiger partial charge in [0.25, 0.3) is 11.1 Å². The average molecular weight is 445 g/mol. The van der Waals surface area contributed by atoms with Crippen molar-refractivity contribution in [1.29, 1.82) is 0 Å². The second-order valence-electron chi connectivity index (χ2n) is 6.53. The molecule has 0 N–H and O–H groups in total. The molecular weight excluding hydrogens is 429 g/mol. The minimum absolute atomic E-state index is 0.0835. The van der Waals surface area contributed by atoms with E-state index in [-0.39, 0.29) is 38.8 Å². The van der Waals surface area contributed by atoms with Crippen LogP contribution in [-0.4, -0.2) is 48.1 Å². The summed E-state index contributed by atoms with van der Waals surface area (Å²) in [5.41, 5.74) is -0.767. The fraction of sp³-hybridized carbons (Fsp3) is 0.263. The van der Waals surface area contributed by atoms with Gasteiger partial charge < -0.3 is 9.32 Å². The predicted octanol–water partition coefficient (Wildman–Crippen LogP) is 5.22. The molecule has 0 unspecified atom stereocenters. The zero-order valence-electron chi connectivity index (χ0n) is 15.4. The molecule has 0 atom stereocenters. The van der Waals surface area contributed by atoms with E-state index in [9.17, 15) is 22.8 Å². The number of thioether (sulfide) groups is 1. The molecule has 154 valence electrons. The van der Waals surface area contributed by atoms with Crippen LogP contribution in [0, 0.1) is 0 Å². The molecule has 2 heterocycles. The molecule has 1 aromatic carbocycles. The van der Waals surface area contributed by atoms with Crippen molar-refractivity contribution in [2.75, 3.05) is 27.2 Å². The molecule has 29 heavy (non-hydrogen) atoms. The quantitative estimate of drug-likeness (QED) is 0.592. The van der Waals surface area contributed by atoms with Crippen LogP contribution in [0.1, 0.15) is 11.3 Å². The number of carbonyl (C=O) groups excluding carboxylic acids is 2. The highest BCUT2D eigenvalue weighted by Crippen LogP contribution is 2.37. The van der Waals surface area contributed by atoms with Gasteiger partial charge in [0.15, 0.2) is 0 Å². The number of carbonyl (C=O) groups is 2. The van der Waals surface area contributed by atoms with Gasteiger partial charge in [0, 0.05) is 24.7 Å². The molecule has 1 fully saturated rings. The molecule has 2 amide bonds. The lowest BCUT2D eigenvalue weighted by atomic mass is 10.1. The van der Waals surface area contributed by atoms with Gasteiger partial charge in [0.2, 0.25) is 0 Å². The van der Waals surface area contributed by atoms with Crippen molar-refractivity contribution in [2.24, 2.45) is 0 Å². The highest BCUT2D eigenvalue weighted by molar-refractivity contribution is 8.18. The summed E-state index contributed by atoms with van der Waals surface area (Å²) in [5.74, 6) is -0.0809. The summed E-state index contributed by atoms with van der Waals surface area (Å²) in [6, 6.07) is 5.90. The van der Waals surface area contributed by atoms with Crippen molar-refractivity contribution in [2.45, 2.75) is 6.18 Å². The van der Waals surface area contributed by atoms with Gasteiger partial charge in [0.1, 0.15) is 11.5 Å². The Morgan fingerprint density at radius 3 is 2.59 bits per heavy atom. The monoisotopic (exact) mass is 444 g/mol. The van der Waals surface area contributed by atoms with Gasteiger partial charge in [-0.25, -0.2) is 0 Å². The number of nitrogens with zero attached hydrogens (tertiary/aromatic N) is 2. The maximum absolute atomic E-state index is 13.0. The van der Waals surface area contributed by atoms with E-state index in [1.54, 1.807) is 0 Å². The maximum atomic E-state index is 13.0. The van der Waals surface area contributed by atoms with Crippen LogP contribution in [0.25, 0.3) is 17.4 Å². The van der Waals surface area contributed by atoms with Gasteiger partial charge in [0.05, 0.1) is 15.5 Å². The fourth-order valence-electron chi connectivity index (χ4n) is 2.59. The van der Waals surface area contributed by atoms with Gasteiger partial charge >= 0.3 is 6.18 Å². The summed E-state index contributed by atoms with van der Waals surface area (Å²) in [5, 5.41) is -0.279. The molecule has 0 saturated carbocycles. The van der Waals surface area contributed by atoms with E-state index in [0.717, 1.165) is 34.9 Å². The minimum atomic E-state index is -4.51. The van der Waals surface area contributed by atoms with E-state index in [0.29, 0.717) is 6.54 Å². The Bertz CT molecular complexity index is 985. The molecule has 0 bridgehead atoms. The summed E-state index contributed by atoms with van der Waals surface area (Å²) in [6.45, 7) is 0.794. The number of imide groups is 1. The molecule has 0 aliphatic carbocycles. The standard InChI is InChI=1S/C19H16ClF3N2O3S/c1-24(2)7-8-25-17(26)16(29-18(25)27)10-12-4-6-15(28-12)13-9-11(19(21,22)23)3-5-14(13)20/h3-6,9-10H,7-8H2,1-2H3. The largest absolute Gasteiger partial charge is 0.457 e. The van der Waals surface area contributed by atoms with Crippen molar-refractivity contribution >= 4 is 40.6 Å². The molecule has 1 aromatic heterocycles. The van der Waals surface area contributed by atoms with Crippen LogP contribution >= 0.6 is 23.4 Å². The fourth-order valence-corrected chi connectivity index (χ4v) is 3.64. The van der Waals surface area contributed by atoms with E-state index in [4.69, 9.17) is 16.0 Å². The Morgan fingerprint density at radius 1 is 1.21 bits per heavy atom. The van der Waals surface area contributed by atoms with Crippen LogP contribution in [0.3, 0.4) is 0 Å². The molecule has 0 spiro atoms. The second kappa shape index (κ2) is 8.25. The Kier molecular flexibility index (Phi) is 6.11. The molecule has 2 aromatic rings. The number of benzene rings is 1. The summed E-state index contributed by atoms with van der Waals surface area (Å²) >= 11 is 6.81. The van der Waals surface area contributed by atoms with Gasteiger partial charge in [-0.05, 0) is 56.2 Å². The average Bonchev–Trinajstić information content (AvgIpc) is 3.18. The molecule has 1 saturated heterocycles. The van der Waals surface area contributed by atoms with E-state index < -0.39 is 17.6 Å². The summed E-state index contributed by atoms with van der Waals surface area (Å²) in [6.07, 6.45) is -3.12. The number of hydrogen-bond acceptors (Lipinski definition) is 5. The van der Waals surface area contributed by atoms with Crippen LogP contribution < -0.4 is 0 Å². The van der Waals surface area contributed by atoms with Crippen molar-refractivity contribution in [3.63, 3.8) is 0 Å². The zero-order valence-corrected chi connectivity index (χ0v) is 17.0. The lowest BCUT2D eigenvalue weighted by Gasteiger charge is -2.15. The second-order valence-corrected chi connectivity index (χ2v) is 7.93. The van der Waals surface area contributed by atoms with Gasteiger partial charge in [-0.3, -0.25) is 14.5 Å². The third-order valence-corrected chi connectivity index (χ3v) is 5.34. The van der Waals surface area contributed by atoms with E-state index in [1.165, 1.54) is 18.2 Å². The first-order chi connectivity index (χ1) is 13.6. The van der Waals surface area contributed by atoms with Crippen molar-refractivity contribution in [3.8, 4) is 11.3 Å². The van der Waals surface area contributed by atoms with Crippen LogP contribution in [-0.2, 0) is 11.0 Å². The Morgan fingerprint density at radius 2 is 1.93 bits per heavy atom. The van der Waals surface area contributed by atoms with Crippen molar-refractivity contribution < 1.29 is 27.2 Å². The van der Waals surface area contributed by atoms with Crippen molar-refractivity contribution in [3.05, 3.63) is 51.6 Å². The smallest absolute Gasteiger partial charge is 0.416 e. The number of likely N-dealkylation sites (N-methyl/N-ethyl adjacent to an activating group) is 1. The summed E-state index contributed by atoms with van der Waals surface area (Å²) in [7, 11) is 3.66. The van der Waals surface area contributed by atoms with Crippen molar-refractivity contribution in [1.82, 2.24) is 9.80 Å². The van der Waals surface area contributed by atoms with Crippen LogP contribution in [0.4, 0.5) is 18.0 Å². The first-order valence-electron chi connectivity index (χ1n) is 8.43. The number of amides is 2. The number of rotatable bonds is 5. The first-order valence-corrected chi connectivity index (χ1v) is 9.63. The topological polar surface area (TPSA) is 53.8 Å². The number of hydrogen-bond donors (Lipinski definition) is 0. The lowest BCUT2D eigenvalue weighted by molar-refractivity contribution is -0.137. The summed E-state index contributed by atoms with van der Waals surface area (Å²) in [4.78, 5) is 27.7. The van der Waals surface area contributed by atoms with Gasteiger partial charge in [-0.1, -0.05) is 11.6 Å². The Labute approximate surface area is 174 Å². The molecule has 5 nitrogen and oxygen atoms in total.